The highest BCUT2D eigenvalue weighted by molar-refractivity contribution is 7.91. The van der Waals surface area contributed by atoms with E-state index in [0.717, 1.165) is 10.9 Å². The molecule has 2 aromatic heterocycles. The minimum absolute atomic E-state index is 0.00487. The first kappa shape index (κ1) is 28.4. The SMILES string of the molecule is Cc1c(C(=O)N(C)Cc2ccc(Cl)cc2Cl)[nH]c(C(=O)NCc2n[nH]c3ccccc23)c1S(=O)(=O)c1ccccc1. The zero-order valence-electron chi connectivity index (χ0n) is 22.0. The number of amides is 2. The van der Waals surface area contributed by atoms with Gasteiger partial charge in [0.05, 0.1) is 22.7 Å². The topological polar surface area (TPSA) is 128 Å². The number of benzene rings is 3. The lowest BCUT2D eigenvalue weighted by Crippen LogP contribution is -2.28. The van der Waals surface area contributed by atoms with E-state index in [1.54, 1.807) is 43.4 Å². The van der Waals surface area contributed by atoms with Crippen molar-refractivity contribution in [3.05, 3.63) is 111 Å². The number of H-pyrrole nitrogens is 2. The summed E-state index contributed by atoms with van der Waals surface area (Å²) in [6.07, 6.45) is 0. The summed E-state index contributed by atoms with van der Waals surface area (Å²) in [5, 5.41) is 11.6. The van der Waals surface area contributed by atoms with Gasteiger partial charge in [-0.15, -0.1) is 0 Å². The minimum atomic E-state index is -4.18. The monoisotopic (exact) mass is 609 g/mol. The third kappa shape index (κ3) is 5.58. The van der Waals surface area contributed by atoms with Crippen LogP contribution in [0.3, 0.4) is 0 Å². The summed E-state index contributed by atoms with van der Waals surface area (Å²) in [5.74, 6) is -1.22. The van der Waals surface area contributed by atoms with Crippen molar-refractivity contribution in [2.45, 2.75) is 29.8 Å². The van der Waals surface area contributed by atoms with Gasteiger partial charge in [0.25, 0.3) is 11.8 Å². The lowest BCUT2D eigenvalue weighted by molar-refractivity contribution is 0.0779. The van der Waals surface area contributed by atoms with Gasteiger partial charge in [0.15, 0.2) is 0 Å². The lowest BCUT2D eigenvalue weighted by atomic mass is 10.2. The van der Waals surface area contributed by atoms with E-state index in [2.05, 4.69) is 20.5 Å². The Morgan fingerprint density at radius 1 is 0.976 bits per heavy atom. The third-order valence-electron chi connectivity index (χ3n) is 6.69. The Morgan fingerprint density at radius 2 is 1.68 bits per heavy atom. The van der Waals surface area contributed by atoms with Crippen molar-refractivity contribution in [3.8, 4) is 0 Å². The van der Waals surface area contributed by atoms with E-state index in [1.807, 2.05) is 24.3 Å². The number of nitrogens with one attached hydrogen (secondary N) is 3. The van der Waals surface area contributed by atoms with Gasteiger partial charge in [-0.1, -0.05) is 65.7 Å². The van der Waals surface area contributed by atoms with Gasteiger partial charge in [0.2, 0.25) is 9.84 Å². The van der Waals surface area contributed by atoms with Crippen molar-refractivity contribution in [2.24, 2.45) is 0 Å². The highest BCUT2D eigenvalue weighted by Gasteiger charge is 2.33. The molecule has 12 heteroatoms. The van der Waals surface area contributed by atoms with Gasteiger partial charge in [0, 0.05) is 29.0 Å². The van der Waals surface area contributed by atoms with Gasteiger partial charge in [-0.3, -0.25) is 14.7 Å². The molecule has 3 aromatic carbocycles. The maximum Gasteiger partial charge on any atom is 0.270 e. The van der Waals surface area contributed by atoms with Crippen LogP contribution in [0, 0.1) is 6.92 Å². The normalized spacial score (nSPS) is 11.5. The Morgan fingerprint density at radius 3 is 2.41 bits per heavy atom. The first-order chi connectivity index (χ1) is 19.6. The summed E-state index contributed by atoms with van der Waals surface area (Å²) < 4.78 is 27.6. The Kier molecular flexibility index (Phi) is 7.90. The molecule has 210 valence electrons. The molecule has 0 bridgehead atoms. The van der Waals surface area contributed by atoms with Crippen molar-refractivity contribution < 1.29 is 18.0 Å². The van der Waals surface area contributed by atoms with E-state index in [4.69, 9.17) is 23.2 Å². The average Bonchev–Trinajstić information content (AvgIpc) is 3.54. The van der Waals surface area contributed by atoms with Gasteiger partial charge < -0.3 is 15.2 Å². The van der Waals surface area contributed by atoms with Crippen LogP contribution in [-0.4, -0.2) is 47.4 Å². The van der Waals surface area contributed by atoms with E-state index >= 15 is 0 Å². The van der Waals surface area contributed by atoms with Crippen LogP contribution in [0.15, 0.2) is 82.6 Å². The standard InChI is InChI=1S/C29H25Cl2N5O4S/c1-17-25(29(38)36(2)16-18-12-13-19(30)14-22(18)31)33-26(27(17)41(39,40)20-8-4-3-5-9-20)28(37)32-15-24-21-10-6-7-11-23(21)34-35-24/h3-14,33H,15-16H2,1-2H3,(H,32,37)(H,34,35). The maximum absolute atomic E-state index is 13.8. The number of nitrogens with zero attached hydrogens (tertiary/aromatic N) is 2. The zero-order valence-corrected chi connectivity index (χ0v) is 24.4. The van der Waals surface area contributed by atoms with Crippen LogP contribution in [0.5, 0.6) is 0 Å². The fourth-order valence-corrected chi connectivity index (χ4v) is 6.72. The van der Waals surface area contributed by atoms with E-state index in [0.29, 0.717) is 21.3 Å². The Balaban J connectivity index is 1.51. The van der Waals surface area contributed by atoms with Crippen LogP contribution >= 0.6 is 23.2 Å². The van der Waals surface area contributed by atoms with Crippen LogP contribution < -0.4 is 5.32 Å². The van der Waals surface area contributed by atoms with Crippen LogP contribution in [0.4, 0.5) is 0 Å². The van der Waals surface area contributed by atoms with E-state index in [1.165, 1.54) is 24.0 Å². The third-order valence-corrected chi connectivity index (χ3v) is 9.22. The van der Waals surface area contributed by atoms with E-state index in [-0.39, 0.29) is 39.8 Å². The molecule has 0 aliphatic carbocycles. The molecule has 0 aliphatic heterocycles. The summed E-state index contributed by atoms with van der Waals surface area (Å²) in [6, 6.07) is 20.1. The molecule has 0 radical (unpaired) electrons. The van der Waals surface area contributed by atoms with Crippen molar-refractivity contribution in [2.75, 3.05) is 7.05 Å². The highest BCUT2D eigenvalue weighted by atomic mass is 35.5. The van der Waals surface area contributed by atoms with Crippen molar-refractivity contribution >= 4 is 55.8 Å². The first-order valence-electron chi connectivity index (χ1n) is 12.5. The molecule has 2 heterocycles. The number of aromatic amines is 2. The second-order valence-corrected chi connectivity index (χ2v) is 12.2. The zero-order chi connectivity index (χ0) is 29.3. The molecule has 0 saturated carbocycles. The molecule has 0 unspecified atom stereocenters. The fourth-order valence-electron chi connectivity index (χ4n) is 4.58. The molecule has 41 heavy (non-hydrogen) atoms. The molecule has 5 rings (SSSR count). The number of halogens is 2. The highest BCUT2D eigenvalue weighted by Crippen LogP contribution is 2.31. The van der Waals surface area contributed by atoms with Crippen LogP contribution in [0.2, 0.25) is 10.0 Å². The number of hydrogen-bond acceptors (Lipinski definition) is 5. The maximum atomic E-state index is 13.8. The summed E-state index contributed by atoms with van der Waals surface area (Å²) in [6.45, 7) is 1.66. The summed E-state index contributed by atoms with van der Waals surface area (Å²) in [5.41, 5.74) is 1.90. The number of aromatic nitrogens is 3. The average molecular weight is 611 g/mol. The van der Waals surface area contributed by atoms with Gasteiger partial charge >= 0.3 is 0 Å². The number of sulfone groups is 1. The molecular weight excluding hydrogens is 585 g/mol. The number of carbonyl (C=O) groups excluding carboxylic acids is 2. The lowest BCUT2D eigenvalue weighted by Gasteiger charge is -2.18. The number of rotatable bonds is 8. The Hall–Kier alpha value is -4.12. The first-order valence-corrected chi connectivity index (χ1v) is 14.7. The predicted molar refractivity (Wildman–Crippen MR) is 157 cm³/mol. The molecule has 9 nitrogen and oxygen atoms in total. The quantitative estimate of drug-likeness (QED) is 0.213. The molecule has 3 N–H and O–H groups in total. The summed E-state index contributed by atoms with van der Waals surface area (Å²) in [4.78, 5) is 31.0. The number of hydrogen-bond donors (Lipinski definition) is 3. The Labute approximate surface area is 246 Å². The molecule has 2 amide bonds. The molecule has 5 aromatic rings. The largest absolute Gasteiger partial charge is 0.345 e. The molecule has 0 atom stereocenters. The van der Waals surface area contributed by atoms with E-state index in [9.17, 15) is 18.0 Å². The van der Waals surface area contributed by atoms with Crippen LogP contribution in [-0.2, 0) is 22.9 Å². The minimum Gasteiger partial charge on any atom is -0.345 e. The van der Waals surface area contributed by atoms with Crippen LogP contribution in [0.25, 0.3) is 10.9 Å². The van der Waals surface area contributed by atoms with Gasteiger partial charge in [-0.05, 0) is 48.4 Å². The molecule has 0 aliphatic rings. The number of para-hydroxylation sites is 1. The molecule has 0 fully saturated rings. The fraction of sp³-hybridized carbons (Fsp3) is 0.138. The number of carbonyl (C=O) groups is 2. The second-order valence-electron chi connectivity index (χ2n) is 9.44. The summed E-state index contributed by atoms with van der Waals surface area (Å²) in [7, 11) is -2.62. The predicted octanol–water partition coefficient (Wildman–Crippen LogP) is 5.54. The second kappa shape index (κ2) is 11.4. The summed E-state index contributed by atoms with van der Waals surface area (Å²) >= 11 is 12.3. The smallest absolute Gasteiger partial charge is 0.270 e. The van der Waals surface area contributed by atoms with E-state index < -0.39 is 21.7 Å². The molecule has 0 spiro atoms. The van der Waals surface area contributed by atoms with Crippen LogP contribution in [0.1, 0.15) is 37.8 Å². The van der Waals surface area contributed by atoms with Crippen molar-refractivity contribution in [3.63, 3.8) is 0 Å². The van der Waals surface area contributed by atoms with Gasteiger partial charge in [0.1, 0.15) is 16.3 Å². The van der Waals surface area contributed by atoms with Gasteiger partial charge in [-0.25, -0.2) is 8.42 Å². The van der Waals surface area contributed by atoms with Gasteiger partial charge in [-0.2, -0.15) is 5.10 Å². The molecule has 0 saturated heterocycles. The van der Waals surface area contributed by atoms with Crippen molar-refractivity contribution in [1.82, 2.24) is 25.4 Å². The number of fused-ring (bicyclic) bond motifs is 1. The van der Waals surface area contributed by atoms with Crippen molar-refractivity contribution in [1.29, 1.82) is 0 Å². The molecular formula is C29H25Cl2N5O4S. The Bertz CT molecular complexity index is 1880.